The lowest BCUT2D eigenvalue weighted by atomic mass is 10.2. The minimum Gasteiger partial charge on any atom is -0.618 e. The Hall–Kier alpha value is -2.47. The molecule has 116 valence electrons. The van der Waals surface area contributed by atoms with Crippen LogP contribution in [0.1, 0.15) is 16.1 Å². The average molecular weight is 324 g/mol. The number of methoxy groups -OCH3 is 2. The van der Waals surface area contributed by atoms with Crippen molar-refractivity contribution in [1.82, 2.24) is 0 Å². The Morgan fingerprint density at radius 3 is 2.68 bits per heavy atom. The van der Waals surface area contributed by atoms with Crippen molar-refractivity contribution in [2.75, 3.05) is 14.2 Å². The van der Waals surface area contributed by atoms with Gasteiger partial charge in [0.05, 0.1) is 14.2 Å². The Labute approximate surface area is 132 Å². The molecule has 0 saturated heterocycles. The molecule has 0 amide bonds. The van der Waals surface area contributed by atoms with E-state index in [4.69, 9.17) is 21.1 Å². The quantitative estimate of drug-likeness (QED) is 0.480. The zero-order chi connectivity index (χ0) is 16.1. The number of ether oxygens (including phenoxy) is 3. The van der Waals surface area contributed by atoms with E-state index in [0.29, 0.717) is 26.8 Å². The lowest BCUT2D eigenvalue weighted by Crippen LogP contribution is -2.34. The molecule has 0 saturated carbocycles. The van der Waals surface area contributed by atoms with Crippen molar-refractivity contribution in [1.29, 1.82) is 0 Å². The van der Waals surface area contributed by atoms with Crippen LogP contribution in [0.2, 0.25) is 5.02 Å². The fourth-order valence-electron chi connectivity index (χ4n) is 1.80. The third kappa shape index (κ3) is 3.59. The zero-order valence-corrected chi connectivity index (χ0v) is 12.8. The summed E-state index contributed by atoms with van der Waals surface area (Å²) >= 11 is 5.88. The van der Waals surface area contributed by atoms with Crippen LogP contribution in [0.5, 0.6) is 11.5 Å². The number of rotatable bonds is 5. The molecule has 0 radical (unpaired) electrons. The number of pyridine rings is 1. The molecule has 0 aliphatic heterocycles. The van der Waals surface area contributed by atoms with Gasteiger partial charge in [-0.25, -0.2) is 4.79 Å². The SMILES string of the molecule is COC(=O)c1cc(COc2ccc(Cl)cc2OC)cc[n+]1[O-]. The van der Waals surface area contributed by atoms with Gasteiger partial charge in [-0.15, -0.1) is 0 Å². The minimum atomic E-state index is -0.707. The lowest BCUT2D eigenvalue weighted by Gasteiger charge is -2.11. The number of esters is 1. The van der Waals surface area contributed by atoms with Crippen LogP contribution < -0.4 is 14.2 Å². The van der Waals surface area contributed by atoms with Crippen molar-refractivity contribution in [3.05, 3.63) is 58.0 Å². The molecule has 0 aliphatic carbocycles. The summed E-state index contributed by atoms with van der Waals surface area (Å²) in [5, 5.41) is 12.1. The van der Waals surface area contributed by atoms with E-state index >= 15 is 0 Å². The van der Waals surface area contributed by atoms with Gasteiger partial charge in [0.15, 0.2) is 17.7 Å². The fraction of sp³-hybridized carbons (Fsp3) is 0.200. The van der Waals surface area contributed by atoms with E-state index in [0.717, 1.165) is 0 Å². The Morgan fingerprint density at radius 2 is 2.00 bits per heavy atom. The van der Waals surface area contributed by atoms with Gasteiger partial charge in [-0.1, -0.05) is 11.6 Å². The van der Waals surface area contributed by atoms with Crippen molar-refractivity contribution in [3.8, 4) is 11.5 Å². The van der Waals surface area contributed by atoms with Gasteiger partial charge in [-0.05, 0) is 12.1 Å². The smallest absolute Gasteiger partial charge is 0.404 e. The first kappa shape index (κ1) is 15.9. The second kappa shape index (κ2) is 7.00. The van der Waals surface area contributed by atoms with Crippen LogP contribution in [0.4, 0.5) is 0 Å². The number of benzene rings is 1. The van der Waals surface area contributed by atoms with Crippen molar-refractivity contribution >= 4 is 17.6 Å². The Bertz CT molecular complexity index is 690. The highest BCUT2D eigenvalue weighted by Gasteiger charge is 2.17. The van der Waals surface area contributed by atoms with E-state index in [2.05, 4.69) is 4.74 Å². The van der Waals surface area contributed by atoms with Gasteiger partial charge in [0.1, 0.15) is 6.61 Å². The first-order valence-electron chi connectivity index (χ1n) is 6.32. The summed E-state index contributed by atoms with van der Waals surface area (Å²) in [6, 6.07) is 7.96. The number of hydrogen-bond donors (Lipinski definition) is 0. The third-order valence-corrected chi connectivity index (χ3v) is 3.13. The molecule has 0 fully saturated rings. The molecule has 0 bridgehead atoms. The number of halogens is 1. The maximum Gasteiger partial charge on any atom is 0.404 e. The van der Waals surface area contributed by atoms with E-state index in [-0.39, 0.29) is 12.3 Å². The molecule has 0 aliphatic rings. The monoisotopic (exact) mass is 323 g/mol. The van der Waals surface area contributed by atoms with Crippen LogP contribution in [-0.2, 0) is 11.3 Å². The summed E-state index contributed by atoms with van der Waals surface area (Å²) in [5.41, 5.74) is 0.538. The molecule has 22 heavy (non-hydrogen) atoms. The molecule has 0 spiro atoms. The van der Waals surface area contributed by atoms with Gasteiger partial charge in [0.25, 0.3) is 0 Å². The van der Waals surface area contributed by atoms with Crippen LogP contribution in [0.3, 0.4) is 0 Å². The maximum atomic E-state index is 11.5. The second-order valence-electron chi connectivity index (χ2n) is 4.32. The molecule has 1 aromatic carbocycles. The highest BCUT2D eigenvalue weighted by atomic mass is 35.5. The van der Waals surface area contributed by atoms with Gasteiger partial charge in [-0.2, -0.15) is 4.73 Å². The fourth-order valence-corrected chi connectivity index (χ4v) is 1.96. The number of carbonyl (C=O) groups excluding carboxylic acids is 1. The van der Waals surface area contributed by atoms with E-state index in [1.807, 2.05) is 0 Å². The topological polar surface area (TPSA) is 71.7 Å². The normalized spacial score (nSPS) is 10.1. The molecule has 2 aromatic rings. The van der Waals surface area contributed by atoms with Crippen LogP contribution in [-0.4, -0.2) is 20.2 Å². The molecule has 2 rings (SSSR count). The highest BCUT2D eigenvalue weighted by molar-refractivity contribution is 6.30. The third-order valence-electron chi connectivity index (χ3n) is 2.90. The second-order valence-corrected chi connectivity index (χ2v) is 4.76. The van der Waals surface area contributed by atoms with Crippen molar-refractivity contribution in [3.63, 3.8) is 0 Å². The number of nitrogens with zero attached hydrogens (tertiary/aromatic N) is 1. The standard InChI is InChI=1S/C15H14ClNO5/c1-20-14-8-11(16)3-4-13(14)22-9-10-5-6-17(19)12(7-10)15(18)21-2/h3-8H,9H2,1-2H3. The van der Waals surface area contributed by atoms with Gasteiger partial charge >= 0.3 is 11.7 Å². The van der Waals surface area contributed by atoms with Gasteiger partial charge in [-0.3, -0.25) is 0 Å². The highest BCUT2D eigenvalue weighted by Crippen LogP contribution is 2.30. The predicted molar refractivity (Wildman–Crippen MR) is 79.1 cm³/mol. The van der Waals surface area contributed by atoms with Crippen LogP contribution in [0.15, 0.2) is 36.5 Å². The molecule has 1 aromatic heterocycles. The Morgan fingerprint density at radius 1 is 1.23 bits per heavy atom. The van der Waals surface area contributed by atoms with Crippen LogP contribution in [0.25, 0.3) is 0 Å². The largest absolute Gasteiger partial charge is 0.618 e. The van der Waals surface area contributed by atoms with Gasteiger partial charge < -0.3 is 19.4 Å². The Balaban J connectivity index is 2.17. The summed E-state index contributed by atoms with van der Waals surface area (Å²) in [6.07, 6.45) is 1.23. The molecule has 0 N–H and O–H groups in total. The van der Waals surface area contributed by atoms with Crippen molar-refractivity contribution in [2.24, 2.45) is 0 Å². The van der Waals surface area contributed by atoms with Crippen LogP contribution >= 0.6 is 11.6 Å². The van der Waals surface area contributed by atoms with E-state index < -0.39 is 5.97 Å². The number of hydrogen-bond acceptors (Lipinski definition) is 5. The summed E-state index contributed by atoms with van der Waals surface area (Å²) in [5.74, 6) is 0.293. The summed E-state index contributed by atoms with van der Waals surface area (Å²) in [6.45, 7) is 0.156. The zero-order valence-electron chi connectivity index (χ0n) is 12.0. The van der Waals surface area contributed by atoms with Crippen LogP contribution in [0, 0.1) is 5.21 Å². The first-order valence-corrected chi connectivity index (χ1v) is 6.69. The molecule has 0 unspecified atom stereocenters. The van der Waals surface area contributed by atoms with E-state index in [1.165, 1.54) is 26.5 Å². The molecular weight excluding hydrogens is 310 g/mol. The molecule has 1 heterocycles. The summed E-state index contributed by atoms with van der Waals surface area (Å²) in [4.78, 5) is 11.5. The van der Waals surface area contributed by atoms with Gasteiger partial charge in [0, 0.05) is 28.8 Å². The molecular formula is C15H14ClNO5. The predicted octanol–water partition coefficient (Wildman–Crippen LogP) is 2.35. The summed E-state index contributed by atoms with van der Waals surface area (Å²) < 4.78 is 15.8. The summed E-state index contributed by atoms with van der Waals surface area (Å²) in [7, 11) is 2.72. The van der Waals surface area contributed by atoms with Crippen molar-refractivity contribution < 1.29 is 23.7 Å². The minimum absolute atomic E-state index is 0.105. The molecule has 7 heteroatoms. The van der Waals surface area contributed by atoms with Crippen molar-refractivity contribution in [2.45, 2.75) is 6.61 Å². The van der Waals surface area contributed by atoms with Gasteiger partial charge in [0.2, 0.25) is 0 Å². The lowest BCUT2D eigenvalue weighted by molar-refractivity contribution is -0.608. The number of aromatic nitrogens is 1. The number of carbonyl (C=O) groups is 1. The van der Waals surface area contributed by atoms with E-state index in [9.17, 15) is 10.0 Å². The maximum absolute atomic E-state index is 11.5. The van der Waals surface area contributed by atoms with E-state index in [1.54, 1.807) is 24.3 Å². The molecule has 0 atom stereocenters. The average Bonchev–Trinajstić information content (AvgIpc) is 2.54. The first-order chi connectivity index (χ1) is 10.5. The molecule has 6 nitrogen and oxygen atoms in total. The Kier molecular flexibility index (Phi) is 5.06.